The van der Waals surface area contributed by atoms with Gasteiger partial charge < -0.3 is 4.90 Å². The molecule has 0 radical (unpaired) electrons. The van der Waals surface area contributed by atoms with E-state index in [1.165, 1.54) is 108 Å². The second-order valence-electron chi connectivity index (χ2n) is 20.7. The normalized spacial score (nSPS) is 16.3. The third-order valence-corrected chi connectivity index (χ3v) is 15.6. The summed E-state index contributed by atoms with van der Waals surface area (Å²) in [5.74, 6) is 0.348. The van der Waals surface area contributed by atoms with Gasteiger partial charge in [-0.05, 0) is 163 Å². The van der Waals surface area contributed by atoms with Crippen molar-refractivity contribution in [2.75, 3.05) is 4.90 Å². The van der Waals surface area contributed by atoms with E-state index in [-0.39, 0.29) is 10.8 Å². The Kier molecular flexibility index (Phi) is 10.1. The summed E-state index contributed by atoms with van der Waals surface area (Å²) in [7, 11) is 0. The summed E-state index contributed by atoms with van der Waals surface area (Å²) < 4.78 is 0. The summed E-state index contributed by atoms with van der Waals surface area (Å²) in [5.41, 5.74) is 23.7. The van der Waals surface area contributed by atoms with Crippen molar-refractivity contribution in [2.24, 2.45) is 0 Å². The summed E-state index contributed by atoms with van der Waals surface area (Å²) in [6.45, 7) is 14.7. The molecule has 0 aliphatic heterocycles. The maximum Gasteiger partial charge on any atom is 0.0714 e. The highest BCUT2D eigenvalue weighted by Gasteiger charge is 2.48. The molecule has 0 atom stereocenters. The molecule has 3 aliphatic rings. The van der Waals surface area contributed by atoms with Crippen LogP contribution in [0.3, 0.4) is 0 Å². The van der Waals surface area contributed by atoms with Crippen LogP contribution in [0.4, 0.5) is 17.1 Å². The van der Waals surface area contributed by atoms with Crippen molar-refractivity contribution in [1.82, 2.24) is 0 Å². The Morgan fingerprint density at radius 2 is 1.06 bits per heavy atom. The maximum absolute atomic E-state index is 2.70. The van der Waals surface area contributed by atoms with Crippen molar-refractivity contribution in [3.8, 4) is 33.4 Å². The Morgan fingerprint density at radius 1 is 0.462 bits per heavy atom. The van der Waals surface area contributed by atoms with E-state index in [9.17, 15) is 0 Å². The number of hydrogen-bond acceptors (Lipinski definition) is 1. The summed E-state index contributed by atoms with van der Waals surface area (Å²) in [6.07, 6.45) is 6.99. The number of rotatable bonds is 8. The van der Waals surface area contributed by atoms with E-state index >= 15 is 0 Å². The van der Waals surface area contributed by atoms with Gasteiger partial charge in [0, 0.05) is 11.3 Å². The van der Waals surface area contributed by atoms with Gasteiger partial charge in [-0.25, -0.2) is 0 Å². The number of anilines is 3. The molecule has 0 saturated carbocycles. The summed E-state index contributed by atoms with van der Waals surface area (Å²) in [6, 6.07) is 69.6. The smallest absolute Gasteiger partial charge is 0.0714 e. The molecule has 8 aromatic rings. The minimum absolute atomic E-state index is 0.0381. The van der Waals surface area contributed by atoms with Gasteiger partial charge in [0.05, 0.1) is 16.8 Å². The van der Waals surface area contributed by atoms with Crippen LogP contribution in [0.2, 0.25) is 0 Å². The fraction of sp³-hybridized carbons (Fsp3) is 0.250. The van der Waals surface area contributed by atoms with E-state index < -0.39 is 5.41 Å². The van der Waals surface area contributed by atoms with E-state index in [1.807, 2.05) is 0 Å². The number of nitrogens with zero attached hydrogens (tertiary/aromatic N) is 1. The zero-order chi connectivity index (χ0) is 44.5. The molecule has 0 fully saturated rings. The van der Waals surface area contributed by atoms with Gasteiger partial charge >= 0.3 is 0 Å². The van der Waals surface area contributed by atoms with Crippen molar-refractivity contribution >= 4 is 17.1 Å². The minimum atomic E-state index is -0.543. The topological polar surface area (TPSA) is 3.24 Å². The minimum Gasteiger partial charge on any atom is -0.310 e. The molecule has 322 valence electrons. The van der Waals surface area contributed by atoms with Gasteiger partial charge in [0.1, 0.15) is 0 Å². The van der Waals surface area contributed by atoms with E-state index in [0.29, 0.717) is 5.92 Å². The molecule has 1 nitrogen and oxygen atoms in total. The Labute approximate surface area is 387 Å². The molecule has 11 rings (SSSR count). The van der Waals surface area contributed by atoms with Gasteiger partial charge in [0.25, 0.3) is 0 Å². The molecule has 0 saturated heterocycles. The van der Waals surface area contributed by atoms with Gasteiger partial charge in [0.15, 0.2) is 0 Å². The van der Waals surface area contributed by atoms with Gasteiger partial charge in [0.2, 0.25) is 0 Å². The first-order valence-corrected chi connectivity index (χ1v) is 24.2. The predicted octanol–water partition coefficient (Wildman–Crippen LogP) is 17.2. The highest BCUT2D eigenvalue weighted by Crippen LogP contribution is 2.60. The molecule has 0 amide bonds. The lowest BCUT2D eigenvalue weighted by atomic mass is 9.62. The Morgan fingerprint density at radius 3 is 1.75 bits per heavy atom. The Balaban J connectivity index is 1.31. The molecule has 65 heavy (non-hydrogen) atoms. The Bertz CT molecular complexity index is 3000. The van der Waals surface area contributed by atoms with Crippen molar-refractivity contribution in [1.29, 1.82) is 0 Å². The zero-order valence-corrected chi connectivity index (χ0v) is 39.1. The van der Waals surface area contributed by atoms with Crippen molar-refractivity contribution in [3.63, 3.8) is 0 Å². The molecule has 0 N–H and O–H groups in total. The second-order valence-corrected chi connectivity index (χ2v) is 20.7. The van der Waals surface area contributed by atoms with Crippen LogP contribution in [0, 0.1) is 0 Å². The average molecular weight is 844 g/mol. The third-order valence-electron chi connectivity index (χ3n) is 15.6. The molecule has 0 spiro atoms. The average Bonchev–Trinajstić information content (AvgIpc) is 3.63. The van der Waals surface area contributed by atoms with Crippen LogP contribution in [0.25, 0.3) is 33.4 Å². The van der Waals surface area contributed by atoms with Gasteiger partial charge in [-0.1, -0.05) is 193 Å². The highest BCUT2D eigenvalue weighted by molar-refractivity contribution is 5.98. The second kappa shape index (κ2) is 15.9. The quantitative estimate of drug-likeness (QED) is 0.147. The van der Waals surface area contributed by atoms with Crippen LogP contribution in [-0.4, -0.2) is 0 Å². The monoisotopic (exact) mass is 843 g/mol. The largest absolute Gasteiger partial charge is 0.310 e. The molecule has 0 heterocycles. The maximum atomic E-state index is 2.70. The standard InChI is InChI=1S/C64H61N/c1-43(2)50-38-35-46-23-16-17-28-51(46)60(50)54-41-53-52-29-18-19-30-55(52)64(47-24-12-8-13-25-47,48-26-14-9-15-27-48)57(53)42-59(54)65(49-36-33-45(34-37-49)44-21-10-7-11-22-44)58-32-20-31-56-61(58)63(5,6)40-39-62(56,3)4/h7-15,18-22,24-27,29-38,41-43H,16-17,23,28,39-40H2,1-6H3. The lowest BCUT2D eigenvalue weighted by Crippen LogP contribution is -2.35. The van der Waals surface area contributed by atoms with E-state index in [1.54, 1.807) is 5.56 Å². The number of benzene rings is 8. The van der Waals surface area contributed by atoms with E-state index in [4.69, 9.17) is 0 Å². The van der Waals surface area contributed by atoms with Crippen LogP contribution in [-0.2, 0) is 29.1 Å². The van der Waals surface area contributed by atoms with E-state index in [2.05, 4.69) is 228 Å². The number of hydrogen-bond donors (Lipinski definition) is 0. The van der Waals surface area contributed by atoms with E-state index in [0.717, 1.165) is 25.7 Å². The van der Waals surface area contributed by atoms with Crippen LogP contribution in [0.15, 0.2) is 182 Å². The van der Waals surface area contributed by atoms with Crippen LogP contribution >= 0.6 is 0 Å². The molecule has 0 unspecified atom stereocenters. The first-order chi connectivity index (χ1) is 31.6. The highest BCUT2D eigenvalue weighted by atomic mass is 15.1. The lowest BCUT2D eigenvalue weighted by Gasteiger charge is -2.45. The van der Waals surface area contributed by atoms with Crippen LogP contribution in [0.1, 0.15) is 123 Å². The first-order valence-electron chi connectivity index (χ1n) is 24.2. The summed E-state index contributed by atoms with van der Waals surface area (Å²) in [5, 5.41) is 0. The van der Waals surface area contributed by atoms with Crippen molar-refractivity contribution in [2.45, 2.75) is 102 Å². The zero-order valence-electron chi connectivity index (χ0n) is 39.1. The Hall–Kier alpha value is -6.44. The van der Waals surface area contributed by atoms with Gasteiger partial charge in [-0.15, -0.1) is 0 Å². The fourth-order valence-corrected chi connectivity index (χ4v) is 12.2. The summed E-state index contributed by atoms with van der Waals surface area (Å²) in [4.78, 5) is 2.70. The van der Waals surface area contributed by atoms with Crippen molar-refractivity contribution < 1.29 is 0 Å². The number of aryl methyl sites for hydroxylation is 1. The molecule has 3 aliphatic carbocycles. The SMILES string of the molecule is CC(C)c1ccc2c(c1-c1cc3c(cc1N(c1ccc(-c4ccccc4)cc1)c1cccc4c1C(C)(C)CCC4(C)C)C(c1ccccc1)(c1ccccc1)c1ccccc1-3)CCCC2. The first kappa shape index (κ1) is 41.3. The van der Waals surface area contributed by atoms with Gasteiger partial charge in [-0.3, -0.25) is 0 Å². The van der Waals surface area contributed by atoms with Gasteiger partial charge in [-0.2, -0.15) is 0 Å². The molecule has 0 bridgehead atoms. The lowest BCUT2D eigenvalue weighted by molar-refractivity contribution is 0.332. The van der Waals surface area contributed by atoms with Crippen molar-refractivity contribution in [3.05, 3.63) is 232 Å². The molecule has 1 heteroatoms. The fourth-order valence-electron chi connectivity index (χ4n) is 12.2. The summed E-state index contributed by atoms with van der Waals surface area (Å²) >= 11 is 0. The predicted molar refractivity (Wildman–Crippen MR) is 275 cm³/mol. The van der Waals surface area contributed by atoms with Crippen LogP contribution in [0.5, 0.6) is 0 Å². The number of fused-ring (bicyclic) bond motifs is 5. The molecular weight excluding hydrogens is 783 g/mol. The van der Waals surface area contributed by atoms with Crippen LogP contribution < -0.4 is 4.90 Å². The molecule has 0 aromatic heterocycles. The molecule has 8 aromatic carbocycles. The third kappa shape index (κ3) is 6.64. The molecular formula is C64H61N.